The van der Waals surface area contributed by atoms with E-state index in [0.717, 1.165) is 28.3 Å². The second-order valence-corrected chi connectivity index (χ2v) is 6.84. The number of ether oxygens (including phenoxy) is 2. The molecular weight excluding hydrogens is 374 g/mol. The summed E-state index contributed by atoms with van der Waals surface area (Å²) >= 11 is 0. The van der Waals surface area contributed by atoms with Crippen LogP contribution in [0.4, 0.5) is 5.82 Å². The standard InChI is InChI=1S/C25H23N3O2/c1-18-12-14-19(15-13-18)22-16-24(28(27-22)21-9-5-4-6-10-21)26-17-20-8-7-11-23(29-2)25(20)30-3/h4-17H,1-3H3. The van der Waals surface area contributed by atoms with Crippen LogP contribution in [0, 0.1) is 6.92 Å². The van der Waals surface area contributed by atoms with E-state index in [0.29, 0.717) is 11.5 Å². The van der Waals surface area contributed by atoms with Crippen molar-refractivity contribution in [2.75, 3.05) is 14.2 Å². The van der Waals surface area contributed by atoms with Gasteiger partial charge in [-0.3, -0.25) is 0 Å². The third-order valence-corrected chi connectivity index (χ3v) is 4.81. The van der Waals surface area contributed by atoms with Crippen molar-refractivity contribution in [3.05, 3.63) is 90.0 Å². The lowest BCUT2D eigenvalue weighted by atomic mass is 10.1. The largest absolute Gasteiger partial charge is 0.493 e. The summed E-state index contributed by atoms with van der Waals surface area (Å²) in [4.78, 5) is 4.74. The van der Waals surface area contributed by atoms with Gasteiger partial charge in [-0.05, 0) is 31.2 Å². The number of para-hydroxylation sites is 2. The van der Waals surface area contributed by atoms with Crippen molar-refractivity contribution in [3.63, 3.8) is 0 Å². The average molecular weight is 397 g/mol. The van der Waals surface area contributed by atoms with Gasteiger partial charge in [-0.1, -0.05) is 54.1 Å². The molecule has 5 nitrogen and oxygen atoms in total. The van der Waals surface area contributed by atoms with Gasteiger partial charge in [0.2, 0.25) is 0 Å². The monoisotopic (exact) mass is 397 g/mol. The predicted octanol–water partition coefficient (Wildman–Crippen LogP) is 5.62. The quantitative estimate of drug-likeness (QED) is 0.397. The third-order valence-electron chi connectivity index (χ3n) is 4.81. The second kappa shape index (κ2) is 8.66. The van der Waals surface area contributed by atoms with E-state index >= 15 is 0 Å². The molecule has 1 heterocycles. The smallest absolute Gasteiger partial charge is 0.169 e. The van der Waals surface area contributed by atoms with Gasteiger partial charge in [0.05, 0.1) is 25.6 Å². The molecule has 4 rings (SSSR count). The van der Waals surface area contributed by atoms with Crippen LogP contribution in [0.2, 0.25) is 0 Å². The van der Waals surface area contributed by atoms with Gasteiger partial charge >= 0.3 is 0 Å². The van der Waals surface area contributed by atoms with Crippen molar-refractivity contribution in [1.29, 1.82) is 0 Å². The summed E-state index contributed by atoms with van der Waals surface area (Å²) in [6, 6.07) is 26.0. The lowest BCUT2D eigenvalue weighted by Crippen LogP contribution is -1.97. The van der Waals surface area contributed by atoms with Crippen LogP contribution in [0.1, 0.15) is 11.1 Å². The minimum Gasteiger partial charge on any atom is -0.493 e. The molecule has 0 saturated carbocycles. The zero-order chi connectivity index (χ0) is 20.9. The molecule has 0 spiro atoms. The molecule has 0 saturated heterocycles. The van der Waals surface area contributed by atoms with Gasteiger partial charge in [0, 0.05) is 23.4 Å². The van der Waals surface area contributed by atoms with Crippen LogP contribution in [-0.4, -0.2) is 30.2 Å². The first-order valence-electron chi connectivity index (χ1n) is 9.67. The molecule has 30 heavy (non-hydrogen) atoms. The van der Waals surface area contributed by atoms with Crippen molar-refractivity contribution >= 4 is 12.0 Å². The maximum atomic E-state index is 5.52. The summed E-state index contributed by atoms with van der Waals surface area (Å²) < 4.78 is 12.8. The summed E-state index contributed by atoms with van der Waals surface area (Å²) in [5.41, 5.74) is 4.90. The first kappa shape index (κ1) is 19.5. The van der Waals surface area contributed by atoms with Gasteiger partial charge in [-0.25, -0.2) is 9.67 Å². The molecule has 3 aromatic carbocycles. The number of aromatic nitrogens is 2. The van der Waals surface area contributed by atoms with Crippen molar-refractivity contribution in [1.82, 2.24) is 9.78 Å². The molecule has 0 fully saturated rings. The van der Waals surface area contributed by atoms with Crippen LogP contribution in [0.3, 0.4) is 0 Å². The Balaban J connectivity index is 1.79. The molecule has 0 N–H and O–H groups in total. The van der Waals surface area contributed by atoms with Crippen LogP contribution < -0.4 is 9.47 Å². The molecule has 0 aliphatic carbocycles. The van der Waals surface area contributed by atoms with Gasteiger partial charge in [-0.2, -0.15) is 5.10 Å². The second-order valence-electron chi connectivity index (χ2n) is 6.84. The SMILES string of the molecule is COc1cccc(C=Nc2cc(-c3ccc(C)cc3)nn2-c2ccccc2)c1OC. The number of methoxy groups -OCH3 is 2. The van der Waals surface area contributed by atoms with Gasteiger partial charge < -0.3 is 9.47 Å². The van der Waals surface area contributed by atoms with Crippen LogP contribution in [0.25, 0.3) is 16.9 Å². The molecule has 0 aliphatic heterocycles. The summed E-state index contributed by atoms with van der Waals surface area (Å²) in [6.45, 7) is 2.07. The number of benzene rings is 3. The van der Waals surface area contributed by atoms with Gasteiger partial charge in [0.25, 0.3) is 0 Å². The predicted molar refractivity (Wildman–Crippen MR) is 121 cm³/mol. The van der Waals surface area contributed by atoms with Gasteiger partial charge in [-0.15, -0.1) is 0 Å². The molecule has 150 valence electrons. The Kier molecular flexibility index (Phi) is 5.61. The lowest BCUT2D eigenvalue weighted by Gasteiger charge is -2.09. The Bertz CT molecular complexity index is 1160. The topological polar surface area (TPSA) is 48.6 Å². The molecule has 0 atom stereocenters. The van der Waals surface area contributed by atoms with Crippen molar-refractivity contribution in [2.45, 2.75) is 6.92 Å². The van der Waals surface area contributed by atoms with E-state index in [1.807, 2.05) is 59.3 Å². The Morgan fingerprint density at radius 2 is 1.63 bits per heavy atom. The Hall–Kier alpha value is -3.86. The molecule has 1 aromatic heterocycles. The third kappa shape index (κ3) is 3.96. The van der Waals surface area contributed by atoms with Crippen molar-refractivity contribution in [2.24, 2.45) is 4.99 Å². The van der Waals surface area contributed by atoms with Gasteiger partial charge in [0.1, 0.15) is 0 Å². The first-order chi connectivity index (χ1) is 14.7. The zero-order valence-electron chi connectivity index (χ0n) is 17.2. The van der Waals surface area contributed by atoms with Gasteiger partial charge in [0.15, 0.2) is 17.3 Å². The maximum absolute atomic E-state index is 5.52. The van der Waals surface area contributed by atoms with Crippen LogP contribution in [-0.2, 0) is 0 Å². The highest BCUT2D eigenvalue weighted by atomic mass is 16.5. The van der Waals surface area contributed by atoms with Crippen LogP contribution in [0.15, 0.2) is 83.9 Å². The molecule has 0 unspecified atom stereocenters. The van der Waals surface area contributed by atoms with E-state index in [9.17, 15) is 0 Å². The van der Waals surface area contributed by atoms with Crippen LogP contribution in [0.5, 0.6) is 11.5 Å². The molecule has 4 aromatic rings. The zero-order valence-corrected chi connectivity index (χ0v) is 17.2. The fraction of sp³-hybridized carbons (Fsp3) is 0.120. The summed E-state index contributed by atoms with van der Waals surface area (Å²) in [7, 11) is 3.25. The molecule has 5 heteroatoms. The maximum Gasteiger partial charge on any atom is 0.169 e. The normalized spacial score (nSPS) is 11.0. The lowest BCUT2D eigenvalue weighted by molar-refractivity contribution is 0.354. The van der Waals surface area contributed by atoms with Crippen LogP contribution >= 0.6 is 0 Å². The summed E-state index contributed by atoms with van der Waals surface area (Å²) in [5.74, 6) is 2.04. The molecule has 0 radical (unpaired) electrons. The van der Waals surface area contributed by atoms with E-state index < -0.39 is 0 Å². The Morgan fingerprint density at radius 1 is 0.867 bits per heavy atom. The fourth-order valence-corrected chi connectivity index (χ4v) is 3.24. The number of hydrogen-bond donors (Lipinski definition) is 0. The minimum absolute atomic E-state index is 0.647. The first-order valence-corrected chi connectivity index (χ1v) is 9.67. The van der Waals surface area contributed by atoms with E-state index in [4.69, 9.17) is 19.6 Å². The van der Waals surface area contributed by atoms with E-state index in [1.54, 1.807) is 20.4 Å². The molecule has 0 bridgehead atoms. The highest BCUT2D eigenvalue weighted by Crippen LogP contribution is 2.31. The number of nitrogens with zero attached hydrogens (tertiary/aromatic N) is 3. The Labute approximate surface area is 176 Å². The highest BCUT2D eigenvalue weighted by Gasteiger charge is 2.12. The molecular formula is C25H23N3O2. The number of rotatable bonds is 6. The Morgan fingerprint density at radius 3 is 2.33 bits per heavy atom. The number of aryl methyl sites for hydroxylation is 1. The minimum atomic E-state index is 0.647. The average Bonchev–Trinajstić information content (AvgIpc) is 3.22. The van der Waals surface area contributed by atoms with E-state index in [2.05, 4.69) is 31.2 Å². The van der Waals surface area contributed by atoms with Crippen molar-refractivity contribution < 1.29 is 9.47 Å². The van der Waals surface area contributed by atoms with Crippen molar-refractivity contribution in [3.8, 4) is 28.4 Å². The number of aliphatic imine (C=N–C) groups is 1. The highest BCUT2D eigenvalue weighted by molar-refractivity contribution is 5.87. The van der Waals surface area contributed by atoms with E-state index in [-0.39, 0.29) is 0 Å². The number of hydrogen-bond acceptors (Lipinski definition) is 4. The molecule has 0 aliphatic rings. The molecule has 0 amide bonds. The van der Waals surface area contributed by atoms with E-state index in [1.165, 1.54) is 5.56 Å². The fourth-order valence-electron chi connectivity index (χ4n) is 3.24. The summed E-state index contributed by atoms with van der Waals surface area (Å²) in [6.07, 6.45) is 1.77. The summed E-state index contributed by atoms with van der Waals surface area (Å²) in [5, 5.41) is 4.82.